The van der Waals surface area contributed by atoms with Crippen molar-refractivity contribution in [3.05, 3.63) is 34.6 Å². The molecule has 2 atom stereocenters. The van der Waals surface area contributed by atoms with Crippen LogP contribution in [0.5, 0.6) is 0 Å². The summed E-state index contributed by atoms with van der Waals surface area (Å²) in [7, 11) is 0. The summed E-state index contributed by atoms with van der Waals surface area (Å²) in [5, 5.41) is 0. The lowest BCUT2D eigenvalue weighted by Gasteiger charge is -2.45. The molecule has 4 heterocycles. The number of benzene rings is 1. The fourth-order valence-corrected chi connectivity index (χ4v) is 8.03. The summed E-state index contributed by atoms with van der Waals surface area (Å²) in [6, 6.07) is 10.1. The van der Waals surface area contributed by atoms with Gasteiger partial charge in [0.2, 0.25) is 0 Å². The highest BCUT2D eigenvalue weighted by Gasteiger charge is 2.45. The molecule has 0 spiro atoms. The molecule has 2 N–H and O–H groups in total. The largest absolute Gasteiger partial charge is 0.465 e. The van der Waals surface area contributed by atoms with Gasteiger partial charge in [-0.3, -0.25) is 14.5 Å². The van der Waals surface area contributed by atoms with Crippen molar-refractivity contribution in [1.82, 2.24) is 14.5 Å². The molecule has 6 rings (SSSR count). The Morgan fingerprint density at radius 3 is 2.26 bits per heavy atom. The minimum absolute atomic E-state index is 0.00170. The molecule has 0 radical (unpaired) electrons. The molecule has 8 heteroatoms. The van der Waals surface area contributed by atoms with Crippen molar-refractivity contribution in [2.45, 2.75) is 120 Å². The summed E-state index contributed by atoms with van der Waals surface area (Å²) in [6.07, 6.45) is 15.0. The smallest absolute Gasteiger partial charge is 0.326 e. The van der Waals surface area contributed by atoms with Crippen molar-refractivity contribution in [3.63, 3.8) is 0 Å². The lowest BCUT2D eigenvalue weighted by Crippen LogP contribution is -2.57. The molecule has 3 aliphatic heterocycles. The van der Waals surface area contributed by atoms with Gasteiger partial charge in [0.25, 0.3) is 5.56 Å². The topological polar surface area (TPSA) is 93.7 Å². The third-order valence-corrected chi connectivity index (χ3v) is 10.0. The van der Waals surface area contributed by atoms with Gasteiger partial charge in [0, 0.05) is 37.3 Å². The minimum atomic E-state index is -0.995. The normalized spacial score (nSPS) is 28.3. The second-order valence-electron chi connectivity index (χ2n) is 12.4. The number of hydrogen-bond acceptors (Lipinski definition) is 7. The van der Waals surface area contributed by atoms with E-state index in [0.29, 0.717) is 50.4 Å². The summed E-state index contributed by atoms with van der Waals surface area (Å²) in [5.41, 5.74) is 7.22. The highest BCUT2D eigenvalue weighted by Crippen LogP contribution is 2.44. The number of carbonyl (C=O) groups is 1. The number of aromatic nitrogens is 2. The van der Waals surface area contributed by atoms with Gasteiger partial charge in [-0.05, 0) is 70.4 Å². The van der Waals surface area contributed by atoms with Crippen molar-refractivity contribution in [1.29, 1.82) is 0 Å². The number of para-hydroxylation sites is 2. The summed E-state index contributed by atoms with van der Waals surface area (Å²) in [4.78, 5) is 36.5. The standard InChI is InChI=1S/C31H45N5O3/c1-2-39-30(38)31(32)16-18-34(19-17-31)28-29(37)36(27-13-9-8-12-26(27)33-28)25-20-23-14-15-24(21-25)35(23)22-10-6-4-3-5-7-11-22/h8-9,12-13,22-25H,2-7,10-11,14-21,32H2,1H3. The van der Waals surface area contributed by atoms with Crippen molar-refractivity contribution < 1.29 is 9.53 Å². The van der Waals surface area contributed by atoms with Gasteiger partial charge in [0.1, 0.15) is 5.54 Å². The number of esters is 1. The van der Waals surface area contributed by atoms with E-state index in [9.17, 15) is 9.59 Å². The van der Waals surface area contributed by atoms with Crippen molar-refractivity contribution in [3.8, 4) is 0 Å². The van der Waals surface area contributed by atoms with E-state index in [1.165, 1.54) is 57.8 Å². The number of hydrogen-bond donors (Lipinski definition) is 1. The number of rotatable bonds is 5. The highest BCUT2D eigenvalue weighted by molar-refractivity contribution is 5.81. The predicted molar refractivity (Wildman–Crippen MR) is 154 cm³/mol. The van der Waals surface area contributed by atoms with Crippen molar-refractivity contribution in [2.75, 3.05) is 24.6 Å². The Morgan fingerprint density at radius 1 is 0.949 bits per heavy atom. The van der Waals surface area contributed by atoms with Crippen LogP contribution in [-0.4, -0.2) is 63.8 Å². The summed E-state index contributed by atoms with van der Waals surface area (Å²) < 4.78 is 7.31. The number of ether oxygens (including phenoxy) is 1. The lowest BCUT2D eigenvalue weighted by molar-refractivity contribution is -0.150. The number of nitrogens with zero attached hydrogens (tertiary/aromatic N) is 4. The zero-order valence-electron chi connectivity index (χ0n) is 23.5. The molecular weight excluding hydrogens is 490 g/mol. The zero-order chi connectivity index (χ0) is 27.0. The summed E-state index contributed by atoms with van der Waals surface area (Å²) in [5.74, 6) is 0.148. The fourth-order valence-electron chi connectivity index (χ4n) is 8.03. The van der Waals surface area contributed by atoms with Crippen molar-refractivity contribution >= 4 is 22.8 Å². The maximum atomic E-state index is 14.2. The molecule has 1 aromatic heterocycles. The van der Waals surface area contributed by atoms with E-state index in [0.717, 1.165) is 29.9 Å². The molecule has 2 unspecified atom stereocenters. The van der Waals surface area contributed by atoms with E-state index in [-0.39, 0.29) is 17.6 Å². The molecule has 2 bridgehead atoms. The van der Waals surface area contributed by atoms with E-state index in [2.05, 4.69) is 15.5 Å². The molecule has 39 heavy (non-hydrogen) atoms. The molecular formula is C31H45N5O3. The van der Waals surface area contributed by atoms with Crippen LogP contribution in [0.1, 0.15) is 96.4 Å². The Hall–Kier alpha value is -2.45. The Labute approximate surface area is 231 Å². The molecule has 3 saturated heterocycles. The van der Waals surface area contributed by atoms with Gasteiger partial charge >= 0.3 is 5.97 Å². The Balaban J connectivity index is 1.27. The quantitative estimate of drug-likeness (QED) is 0.562. The molecule has 1 saturated carbocycles. The van der Waals surface area contributed by atoms with Gasteiger partial charge in [0.15, 0.2) is 5.82 Å². The second-order valence-corrected chi connectivity index (χ2v) is 12.4. The molecule has 212 valence electrons. The third-order valence-electron chi connectivity index (χ3n) is 10.0. The molecule has 0 amide bonds. The first-order valence-electron chi connectivity index (χ1n) is 15.5. The average Bonchev–Trinajstić information content (AvgIpc) is 3.17. The number of nitrogens with two attached hydrogens (primary N) is 1. The maximum Gasteiger partial charge on any atom is 0.326 e. The first-order valence-corrected chi connectivity index (χ1v) is 15.5. The maximum absolute atomic E-state index is 14.2. The van der Waals surface area contributed by atoms with Crippen LogP contribution in [0.4, 0.5) is 5.82 Å². The van der Waals surface area contributed by atoms with Gasteiger partial charge < -0.3 is 19.9 Å². The van der Waals surface area contributed by atoms with E-state index in [1.807, 2.05) is 23.1 Å². The van der Waals surface area contributed by atoms with Crippen LogP contribution in [0.2, 0.25) is 0 Å². The highest BCUT2D eigenvalue weighted by atomic mass is 16.5. The van der Waals surface area contributed by atoms with E-state index in [4.69, 9.17) is 15.5 Å². The van der Waals surface area contributed by atoms with Crippen LogP contribution in [0.25, 0.3) is 11.0 Å². The van der Waals surface area contributed by atoms with Crippen LogP contribution >= 0.6 is 0 Å². The molecule has 1 aliphatic carbocycles. The third kappa shape index (κ3) is 5.10. The van der Waals surface area contributed by atoms with Crippen LogP contribution < -0.4 is 16.2 Å². The summed E-state index contributed by atoms with van der Waals surface area (Å²) in [6.45, 7) is 3.15. The number of piperidine rings is 2. The molecule has 2 aromatic rings. The summed E-state index contributed by atoms with van der Waals surface area (Å²) >= 11 is 0. The van der Waals surface area contributed by atoms with Gasteiger partial charge in [-0.25, -0.2) is 4.98 Å². The molecule has 1 aromatic carbocycles. The number of anilines is 1. The minimum Gasteiger partial charge on any atom is -0.465 e. The van der Waals surface area contributed by atoms with Gasteiger partial charge in [-0.1, -0.05) is 44.2 Å². The van der Waals surface area contributed by atoms with E-state index in [1.54, 1.807) is 6.92 Å². The van der Waals surface area contributed by atoms with Crippen LogP contribution in [0.3, 0.4) is 0 Å². The fraction of sp³-hybridized carbons (Fsp3) is 0.710. The Bertz CT molecular complexity index is 1210. The second kappa shape index (κ2) is 11.2. The van der Waals surface area contributed by atoms with Crippen LogP contribution in [0.15, 0.2) is 29.1 Å². The molecule has 8 nitrogen and oxygen atoms in total. The van der Waals surface area contributed by atoms with Crippen LogP contribution in [0, 0.1) is 0 Å². The SMILES string of the molecule is CCOC(=O)C1(N)CCN(c2nc3ccccc3n(C3CC4CCC(C3)N4C3CCCCCCC3)c2=O)CC1. The predicted octanol–water partition coefficient (Wildman–Crippen LogP) is 4.54. The lowest BCUT2D eigenvalue weighted by atomic mass is 9.88. The first kappa shape index (κ1) is 26.8. The van der Waals surface area contributed by atoms with Gasteiger partial charge in [0.05, 0.1) is 17.6 Å². The number of fused-ring (bicyclic) bond motifs is 3. The van der Waals surface area contributed by atoms with E-state index < -0.39 is 5.54 Å². The van der Waals surface area contributed by atoms with E-state index >= 15 is 0 Å². The van der Waals surface area contributed by atoms with Crippen molar-refractivity contribution in [2.24, 2.45) is 5.73 Å². The first-order chi connectivity index (χ1) is 19.0. The zero-order valence-corrected chi connectivity index (χ0v) is 23.5. The van der Waals surface area contributed by atoms with Gasteiger partial charge in [-0.15, -0.1) is 0 Å². The number of carbonyl (C=O) groups excluding carboxylic acids is 1. The Morgan fingerprint density at radius 2 is 1.59 bits per heavy atom. The monoisotopic (exact) mass is 535 g/mol. The van der Waals surface area contributed by atoms with Gasteiger partial charge in [-0.2, -0.15) is 0 Å². The average molecular weight is 536 g/mol. The molecule has 4 aliphatic rings. The van der Waals surface area contributed by atoms with Crippen LogP contribution in [-0.2, 0) is 9.53 Å². The Kier molecular flexibility index (Phi) is 7.68. The molecule has 4 fully saturated rings.